The lowest BCUT2D eigenvalue weighted by Gasteiger charge is -2.21. The van der Waals surface area contributed by atoms with Crippen LogP contribution in [0.4, 0.5) is 0 Å². The molecule has 0 aromatic heterocycles. The highest BCUT2D eigenvalue weighted by Crippen LogP contribution is 2.31. The van der Waals surface area contributed by atoms with Gasteiger partial charge in [0.1, 0.15) is 0 Å². The maximum absolute atomic E-state index is 2.54. The maximum atomic E-state index is 2.54. The van der Waals surface area contributed by atoms with E-state index in [9.17, 15) is 0 Å². The summed E-state index contributed by atoms with van der Waals surface area (Å²) in [4.78, 5) is 4.81. The normalized spacial score (nSPS) is 16.0. The molecule has 0 saturated carbocycles. The van der Waals surface area contributed by atoms with E-state index in [1.165, 1.54) is 27.8 Å². The second-order valence-electron chi connectivity index (χ2n) is 6.75. The maximum Gasteiger partial charge on any atom is 0.0314 e. The summed E-state index contributed by atoms with van der Waals surface area (Å²) in [6, 6.07) is 16.0. The van der Waals surface area contributed by atoms with Gasteiger partial charge in [0.05, 0.1) is 0 Å². The van der Waals surface area contributed by atoms with Crippen LogP contribution in [-0.2, 0) is 19.6 Å². The van der Waals surface area contributed by atoms with E-state index < -0.39 is 0 Å². The lowest BCUT2D eigenvalue weighted by Crippen LogP contribution is -2.17. The summed E-state index contributed by atoms with van der Waals surface area (Å²) in [5.41, 5.74) is 7.32. The molecule has 3 rings (SSSR count). The molecule has 1 heterocycles. The SMILES string of the molecule is Cc1cc(C(C)N(C)C)cc2c1CN(Cc1ccccc1)C2. The van der Waals surface area contributed by atoms with Crippen LogP contribution in [0.25, 0.3) is 0 Å². The monoisotopic (exact) mass is 294 g/mol. The van der Waals surface area contributed by atoms with Crippen LogP contribution in [0, 0.1) is 6.92 Å². The first-order chi connectivity index (χ1) is 10.5. The van der Waals surface area contributed by atoms with Gasteiger partial charge >= 0.3 is 0 Å². The third-order valence-electron chi connectivity index (χ3n) is 4.87. The second-order valence-corrected chi connectivity index (χ2v) is 6.75. The van der Waals surface area contributed by atoms with Crippen LogP contribution in [0.3, 0.4) is 0 Å². The Morgan fingerprint density at radius 2 is 1.82 bits per heavy atom. The van der Waals surface area contributed by atoms with Gasteiger partial charge in [-0.15, -0.1) is 0 Å². The Kier molecular flexibility index (Phi) is 4.32. The molecule has 1 aliphatic rings. The number of rotatable bonds is 4. The summed E-state index contributed by atoms with van der Waals surface area (Å²) >= 11 is 0. The largest absolute Gasteiger partial charge is 0.303 e. The van der Waals surface area contributed by atoms with Crippen LogP contribution in [-0.4, -0.2) is 23.9 Å². The molecule has 2 aromatic rings. The van der Waals surface area contributed by atoms with Crippen LogP contribution in [0.1, 0.15) is 40.8 Å². The van der Waals surface area contributed by atoms with Gasteiger partial charge < -0.3 is 4.90 Å². The van der Waals surface area contributed by atoms with Gasteiger partial charge in [0.15, 0.2) is 0 Å². The molecule has 0 N–H and O–H groups in total. The molecule has 0 radical (unpaired) electrons. The summed E-state index contributed by atoms with van der Waals surface area (Å²) in [6.45, 7) is 7.72. The summed E-state index contributed by atoms with van der Waals surface area (Å²) in [5, 5.41) is 0. The number of aryl methyl sites for hydroxylation is 1. The minimum absolute atomic E-state index is 0.465. The second kappa shape index (κ2) is 6.23. The number of nitrogens with zero attached hydrogens (tertiary/aromatic N) is 2. The summed E-state index contributed by atoms with van der Waals surface area (Å²) in [7, 11) is 4.30. The third kappa shape index (κ3) is 3.08. The highest BCUT2D eigenvalue weighted by Gasteiger charge is 2.22. The van der Waals surface area contributed by atoms with Crippen molar-refractivity contribution in [1.29, 1.82) is 0 Å². The van der Waals surface area contributed by atoms with Crippen LogP contribution in [0.15, 0.2) is 42.5 Å². The number of benzene rings is 2. The van der Waals surface area contributed by atoms with Crippen molar-refractivity contribution in [3.05, 3.63) is 70.3 Å². The summed E-state index contributed by atoms with van der Waals surface area (Å²) in [6.07, 6.45) is 0. The van der Waals surface area contributed by atoms with Crippen LogP contribution in [0.5, 0.6) is 0 Å². The predicted molar refractivity (Wildman–Crippen MR) is 92.7 cm³/mol. The Morgan fingerprint density at radius 3 is 2.50 bits per heavy atom. The van der Waals surface area contributed by atoms with Crippen molar-refractivity contribution in [3.63, 3.8) is 0 Å². The summed E-state index contributed by atoms with van der Waals surface area (Å²) in [5.74, 6) is 0. The molecule has 116 valence electrons. The van der Waals surface area contributed by atoms with Crippen molar-refractivity contribution in [2.75, 3.05) is 14.1 Å². The van der Waals surface area contributed by atoms with Crippen LogP contribution >= 0.6 is 0 Å². The Morgan fingerprint density at radius 1 is 1.09 bits per heavy atom. The van der Waals surface area contributed by atoms with Gasteiger partial charge in [-0.05, 0) is 55.8 Å². The molecule has 0 amide bonds. The van der Waals surface area contributed by atoms with Gasteiger partial charge in [-0.2, -0.15) is 0 Å². The average molecular weight is 294 g/mol. The first kappa shape index (κ1) is 15.3. The molecule has 0 fully saturated rings. The molecule has 0 bridgehead atoms. The van der Waals surface area contributed by atoms with E-state index in [1.54, 1.807) is 0 Å². The zero-order valence-corrected chi connectivity index (χ0v) is 14.1. The van der Waals surface area contributed by atoms with Gasteiger partial charge in [0, 0.05) is 25.7 Å². The smallest absolute Gasteiger partial charge is 0.0314 e. The Hall–Kier alpha value is -1.64. The van der Waals surface area contributed by atoms with Gasteiger partial charge in [-0.3, -0.25) is 4.90 Å². The standard InChI is InChI=1S/C20H26N2/c1-15-10-18(16(2)21(3)4)11-19-13-22(14-20(15)19)12-17-8-6-5-7-9-17/h5-11,16H,12-14H2,1-4H3. The average Bonchev–Trinajstić information content (AvgIpc) is 2.90. The molecule has 2 aromatic carbocycles. The molecule has 2 nitrogen and oxygen atoms in total. The molecule has 2 heteroatoms. The van der Waals surface area contributed by atoms with Crippen LogP contribution < -0.4 is 0 Å². The van der Waals surface area contributed by atoms with E-state index in [1.807, 2.05) is 0 Å². The third-order valence-corrected chi connectivity index (χ3v) is 4.87. The van der Waals surface area contributed by atoms with Gasteiger partial charge in [-0.25, -0.2) is 0 Å². The first-order valence-electron chi connectivity index (χ1n) is 8.09. The fourth-order valence-electron chi connectivity index (χ4n) is 3.30. The molecule has 1 aliphatic heterocycles. The van der Waals surface area contributed by atoms with Crippen molar-refractivity contribution in [2.24, 2.45) is 0 Å². The number of hydrogen-bond acceptors (Lipinski definition) is 2. The van der Waals surface area contributed by atoms with E-state index >= 15 is 0 Å². The van der Waals surface area contributed by atoms with Crippen LogP contribution in [0.2, 0.25) is 0 Å². The van der Waals surface area contributed by atoms with Crippen molar-refractivity contribution < 1.29 is 0 Å². The topological polar surface area (TPSA) is 6.48 Å². The van der Waals surface area contributed by atoms with Crippen molar-refractivity contribution >= 4 is 0 Å². The predicted octanol–water partition coefficient (Wildman–Crippen LogP) is 4.13. The molecular weight excluding hydrogens is 268 g/mol. The Bertz CT molecular complexity index is 646. The first-order valence-corrected chi connectivity index (χ1v) is 8.09. The highest BCUT2D eigenvalue weighted by atomic mass is 15.1. The molecule has 0 spiro atoms. The fourth-order valence-corrected chi connectivity index (χ4v) is 3.30. The lowest BCUT2D eigenvalue weighted by molar-refractivity contribution is 0.275. The van der Waals surface area contributed by atoms with Gasteiger partial charge in [0.2, 0.25) is 0 Å². The minimum atomic E-state index is 0.465. The fraction of sp³-hybridized carbons (Fsp3) is 0.400. The minimum Gasteiger partial charge on any atom is -0.303 e. The molecule has 0 aliphatic carbocycles. The van der Waals surface area contributed by atoms with Gasteiger partial charge in [0.25, 0.3) is 0 Å². The molecule has 0 saturated heterocycles. The summed E-state index contributed by atoms with van der Waals surface area (Å²) < 4.78 is 0. The quantitative estimate of drug-likeness (QED) is 0.836. The number of fused-ring (bicyclic) bond motifs is 1. The Labute approximate surface area is 134 Å². The molecule has 22 heavy (non-hydrogen) atoms. The van der Waals surface area contributed by atoms with E-state index in [-0.39, 0.29) is 0 Å². The van der Waals surface area contributed by atoms with E-state index in [0.717, 1.165) is 19.6 Å². The van der Waals surface area contributed by atoms with Crippen molar-refractivity contribution in [1.82, 2.24) is 9.80 Å². The molecule has 1 unspecified atom stereocenters. The zero-order valence-electron chi connectivity index (χ0n) is 14.1. The molecule has 1 atom stereocenters. The number of hydrogen-bond donors (Lipinski definition) is 0. The van der Waals surface area contributed by atoms with E-state index in [4.69, 9.17) is 0 Å². The van der Waals surface area contributed by atoms with E-state index in [2.05, 4.69) is 80.2 Å². The van der Waals surface area contributed by atoms with E-state index in [0.29, 0.717) is 6.04 Å². The molecular formula is C20H26N2. The van der Waals surface area contributed by atoms with Gasteiger partial charge in [-0.1, -0.05) is 42.5 Å². The Balaban J connectivity index is 1.79. The van der Waals surface area contributed by atoms with Crippen molar-refractivity contribution in [2.45, 2.75) is 39.5 Å². The van der Waals surface area contributed by atoms with Crippen molar-refractivity contribution in [3.8, 4) is 0 Å². The lowest BCUT2D eigenvalue weighted by atomic mass is 9.97. The zero-order chi connectivity index (χ0) is 15.7. The highest BCUT2D eigenvalue weighted by molar-refractivity contribution is 5.42.